The molecule has 0 saturated carbocycles. The minimum atomic E-state index is -0.908. The van der Waals surface area contributed by atoms with Crippen molar-refractivity contribution in [1.82, 2.24) is 0 Å². The monoisotopic (exact) mass is 261 g/mol. The van der Waals surface area contributed by atoms with Crippen LogP contribution >= 0.6 is 0 Å². The average molecular weight is 261 g/mol. The summed E-state index contributed by atoms with van der Waals surface area (Å²) in [6.07, 6.45) is -0.707. The third-order valence-electron chi connectivity index (χ3n) is 2.95. The maximum atomic E-state index is 10.8. The predicted octanol–water partition coefficient (Wildman–Crippen LogP) is 2.25. The first kappa shape index (κ1) is 13.5. The summed E-state index contributed by atoms with van der Waals surface area (Å²) < 4.78 is 11.3. The zero-order chi connectivity index (χ0) is 13.7. The second-order valence-corrected chi connectivity index (χ2v) is 4.45. The Morgan fingerprint density at radius 1 is 1.32 bits per heavy atom. The van der Waals surface area contributed by atoms with Crippen molar-refractivity contribution in [1.29, 1.82) is 5.26 Å². The van der Waals surface area contributed by atoms with Gasteiger partial charge in [-0.25, -0.2) is 0 Å². The van der Waals surface area contributed by atoms with E-state index < -0.39 is 18.4 Å². The second-order valence-electron chi connectivity index (χ2n) is 4.45. The maximum Gasteiger partial charge on any atom is 0.305 e. The van der Waals surface area contributed by atoms with E-state index in [1.165, 1.54) is 0 Å². The fraction of sp³-hybridized carbons (Fsp3) is 0.429. The molecule has 5 heteroatoms. The number of carbonyl (C=O) groups is 1. The van der Waals surface area contributed by atoms with Crippen LogP contribution in [0.1, 0.15) is 31.1 Å². The van der Waals surface area contributed by atoms with Gasteiger partial charge in [-0.2, -0.15) is 5.26 Å². The molecule has 1 N–H and O–H groups in total. The lowest BCUT2D eigenvalue weighted by atomic mass is 10.0. The van der Waals surface area contributed by atoms with Gasteiger partial charge in [-0.05, 0) is 0 Å². The van der Waals surface area contributed by atoms with E-state index in [9.17, 15) is 4.79 Å². The number of rotatable bonds is 4. The van der Waals surface area contributed by atoms with Crippen molar-refractivity contribution in [2.75, 3.05) is 0 Å². The lowest BCUT2D eigenvalue weighted by molar-refractivity contribution is -0.247. The van der Waals surface area contributed by atoms with Gasteiger partial charge in [0, 0.05) is 12.0 Å². The summed E-state index contributed by atoms with van der Waals surface area (Å²) in [6.45, 7) is 0. The molecule has 0 amide bonds. The molecule has 100 valence electrons. The Balaban J connectivity index is 2.10. The largest absolute Gasteiger partial charge is 0.481 e. The number of hydrogen-bond acceptors (Lipinski definition) is 4. The van der Waals surface area contributed by atoms with Crippen LogP contribution in [0.25, 0.3) is 0 Å². The van der Waals surface area contributed by atoms with E-state index in [1.54, 1.807) is 0 Å². The first-order valence-corrected chi connectivity index (χ1v) is 6.13. The average Bonchev–Trinajstić information content (AvgIpc) is 2.39. The Morgan fingerprint density at radius 3 is 2.63 bits per heavy atom. The Kier molecular flexibility index (Phi) is 4.50. The van der Waals surface area contributed by atoms with Gasteiger partial charge in [-0.15, -0.1) is 0 Å². The molecule has 0 unspecified atom stereocenters. The quantitative estimate of drug-likeness (QED) is 0.899. The molecular formula is C14H15NO4. The molecule has 19 heavy (non-hydrogen) atoms. The molecule has 0 bridgehead atoms. The topological polar surface area (TPSA) is 79.6 Å². The number of nitriles is 1. The highest BCUT2D eigenvalue weighted by atomic mass is 16.7. The minimum Gasteiger partial charge on any atom is -0.481 e. The van der Waals surface area contributed by atoms with E-state index in [0.29, 0.717) is 6.42 Å². The zero-order valence-electron chi connectivity index (χ0n) is 10.4. The SMILES string of the molecule is N#CC[C@@H]1C[C@H](CC(=O)O)O[C@@H](c2ccccc2)O1. The first-order valence-electron chi connectivity index (χ1n) is 6.13. The molecule has 0 spiro atoms. The van der Waals surface area contributed by atoms with Gasteiger partial charge in [0.2, 0.25) is 0 Å². The van der Waals surface area contributed by atoms with Crippen molar-refractivity contribution in [3.63, 3.8) is 0 Å². The van der Waals surface area contributed by atoms with Gasteiger partial charge in [-0.3, -0.25) is 4.79 Å². The van der Waals surface area contributed by atoms with Crippen LogP contribution in [-0.2, 0) is 14.3 Å². The van der Waals surface area contributed by atoms with Crippen molar-refractivity contribution in [3.8, 4) is 6.07 Å². The van der Waals surface area contributed by atoms with Crippen molar-refractivity contribution >= 4 is 5.97 Å². The summed E-state index contributed by atoms with van der Waals surface area (Å²) in [5.41, 5.74) is 0.834. The molecular weight excluding hydrogens is 246 g/mol. The molecule has 1 aliphatic rings. The highest BCUT2D eigenvalue weighted by Gasteiger charge is 2.32. The number of carboxylic acid groups (broad SMARTS) is 1. The van der Waals surface area contributed by atoms with Crippen LogP contribution in [0.4, 0.5) is 0 Å². The number of aliphatic carboxylic acids is 1. The van der Waals surface area contributed by atoms with E-state index in [2.05, 4.69) is 6.07 Å². The maximum absolute atomic E-state index is 10.8. The smallest absolute Gasteiger partial charge is 0.305 e. The fourth-order valence-electron chi connectivity index (χ4n) is 2.11. The molecule has 0 aromatic heterocycles. The van der Waals surface area contributed by atoms with Crippen LogP contribution < -0.4 is 0 Å². The summed E-state index contributed by atoms with van der Waals surface area (Å²) in [5.74, 6) is -0.908. The molecule has 1 heterocycles. The van der Waals surface area contributed by atoms with Crippen molar-refractivity contribution < 1.29 is 19.4 Å². The van der Waals surface area contributed by atoms with Crippen molar-refractivity contribution in [2.45, 2.75) is 37.8 Å². The summed E-state index contributed by atoms with van der Waals surface area (Å²) in [6, 6.07) is 11.4. The predicted molar refractivity (Wildman–Crippen MR) is 66.0 cm³/mol. The zero-order valence-corrected chi connectivity index (χ0v) is 10.4. The van der Waals surface area contributed by atoms with E-state index in [0.717, 1.165) is 5.56 Å². The number of nitrogens with zero attached hydrogens (tertiary/aromatic N) is 1. The second kappa shape index (κ2) is 6.32. The molecule has 2 rings (SSSR count). The molecule has 5 nitrogen and oxygen atoms in total. The Morgan fingerprint density at radius 2 is 2.00 bits per heavy atom. The van der Waals surface area contributed by atoms with Crippen LogP contribution in [-0.4, -0.2) is 23.3 Å². The van der Waals surface area contributed by atoms with Crippen molar-refractivity contribution in [2.24, 2.45) is 0 Å². The van der Waals surface area contributed by atoms with Gasteiger partial charge in [0.15, 0.2) is 6.29 Å². The first-order chi connectivity index (χ1) is 9.19. The summed E-state index contributed by atoms with van der Waals surface area (Å²) in [5, 5.41) is 17.6. The fourth-order valence-corrected chi connectivity index (χ4v) is 2.11. The third kappa shape index (κ3) is 3.78. The Bertz CT molecular complexity index is 468. The lowest BCUT2D eigenvalue weighted by Gasteiger charge is -2.34. The molecule has 0 aliphatic carbocycles. The number of ether oxygens (including phenoxy) is 2. The van der Waals surface area contributed by atoms with Crippen LogP contribution in [0.15, 0.2) is 30.3 Å². The molecule has 0 radical (unpaired) electrons. The Hall–Kier alpha value is -1.90. The molecule has 1 aromatic rings. The van der Waals surface area contributed by atoms with Gasteiger partial charge in [0.25, 0.3) is 0 Å². The van der Waals surface area contributed by atoms with Crippen molar-refractivity contribution in [3.05, 3.63) is 35.9 Å². The summed E-state index contributed by atoms with van der Waals surface area (Å²) in [7, 11) is 0. The van der Waals surface area contributed by atoms with Gasteiger partial charge < -0.3 is 14.6 Å². The van der Waals surface area contributed by atoms with Crippen LogP contribution in [0.2, 0.25) is 0 Å². The van der Waals surface area contributed by atoms with Gasteiger partial charge in [-0.1, -0.05) is 30.3 Å². The summed E-state index contributed by atoms with van der Waals surface area (Å²) >= 11 is 0. The highest BCUT2D eigenvalue weighted by molar-refractivity contribution is 5.67. The minimum absolute atomic E-state index is 0.0748. The standard InChI is InChI=1S/C14H15NO4/c15-7-6-11-8-12(9-13(16)17)19-14(18-11)10-4-2-1-3-5-10/h1-5,11-12,14H,6,8-9H2,(H,16,17)/t11-,12-,14+/m1/s1. The van der Waals surface area contributed by atoms with E-state index in [1.807, 2.05) is 30.3 Å². The lowest BCUT2D eigenvalue weighted by Crippen LogP contribution is -2.34. The van der Waals surface area contributed by atoms with Gasteiger partial charge in [0.1, 0.15) is 0 Å². The number of benzene rings is 1. The van der Waals surface area contributed by atoms with Crippen LogP contribution in [0, 0.1) is 11.3 Å². The van der Waals surface area contributed by atoms with Gasteiger partial charge >= 0.3 is 5.97 Å². The normalized spacial score (nSPS) is 26.6. The molecule has 1 aromatic carbocycles. The summed E-state index contributed by atoms with van der Waals surface area (Å²) in [4.78, 5) is 10.8. The van der Waals surface area contributed by atoms with E-state index in [4.69, 9.17) is 19.8 Å². The number of hydrogen-bond donors (Lipinski definition) is 1. The third-order valence-corrected chi connectivity index (χ3v) is 2.95. The Labute approximate surface area is 111 Å². The molecule has 1 saturated heterocycles. The molecule has 1 aliphatic heterocycles. The van der Waals surface area contributed by atoms with Gasteiger partial charge in [0.05, 0.1) is 31.1 Å². The number of carboxylic acids is 1. The van der Waals surface area contributed by atoms with E-state index in [-0.39, 0.29) is 18.9 Å². The van der Waals surface area contributed by atoms with Crippen LogP contribution in [0.5, 0.6) is 0 Å². The van der Waals surface area contributed by atoms with E-state index >= 15 is 0 Å². The highest BCUT2D eigenvalue weighted by Crippen LogP contribution is 2.32. The van der Waals surface area contributed by atoms with Crippen LogP contribution in [0.3, 0.4) is 0 Å². The molecule has 3 atom stereocenters. The molecule has 1 fully saturated rings.